The van der Waals surface area contributed by atoms with Crippen LogP contribution in [0.15, 0.2) is 30.5 Å². The van der Waals surface area contributed by atoms with Crippen LogP contribution in [-0.4, -0.2) is 23.3 Å². The Morgan fingerprint density at radius 2 is 2.16 bits per heavy atom. The third-order valence-corrected chi connectivity index (χ3v) is 4.66. The summed E-state index contributed by atoms with van der Waals surface area (Å²) in [5.74, 6) is -1.38. The van der Waals surface area contributed by atoms with E-state index in [1.54, 1.807) is 6.20 Å². The van der Waals surface area contributed by atoms with Crippen molar-refractivity contribution in [1.82, 2.24) is 4.98 Å². The minimum absolute atomic E-state index is 0.0380. The first-order valence-corrected chi connectivity index (χ1v) is 8.26. The van der Waals surface area contributed by atoms with E-state index >= 15 is 0 Å². The fourth-order valence-electron chi connectivity index (χ4n) is 2.60. The summed E-state index contributed by atoms with van der Waals surface area (Å²) in [7, 11) is 0. The molecule has 2 amide bonds. The molecule has 9 heteroatoms. The Bertz CT molecular complexity index is 819. The van der Waals surface area contributed by atoms with E-state index in [1.807, 2.05) is 6.92 Å². The number of anilines is 2. The van der Waals surface area contributed by atoms with Crippen LogP contribution in [0.4, 0.5) is 24.0 Å². The van der Waals surface area contributed by atoms with Crippen LogP contribution in [0.25, 0.3) is 0 Å². The van der Waals surface area contributed by atoms with E-state index in [2.05, 4.69) is 10.3 Å². The third kappa shape index (κ3) is 3.81. The summed E-state index contributed by atoms with van der Waals surface area (Å²) in [6, 6.07) is 4.54. The van der Waals surface area contributed by atoms with Crippen LogP contribution in [0.3, 0.4) is 0 Å². The maximum absolute atomic E-state index is 12.8. The number of halogens is 3. The number of carbonyl (C=O) groups excluding carboxylic acids is 2. The molecule has 1 N–H and O–H groups in total. The highest BCUT2D eigenvalue weighted by atomic mass is 32.1. The lowest BCUT2D eigenvalue weighted by Crippen LogP contribution is -2.28. The van der Waals surface area contributed by atoms with Crippen molar-refractivity contribution in [3.8, 4) is 0 Å². The number of hydrogen-bond donors (Lipinski definition) is 1. The average Bonchev–Trinajstić information content (AvgIpc) is 3.12. The Labute approximate surface area is 145 Å². The van der Waals surface area contributed by atoms with Gasteiger partial charge in [-0.15, -0.1) is 11.3 Å². The summed E-state index contributed by atoms with van der Waals surface area (Å²) < 4.78 is 38.5. The Hall–Kier alpha value is -2.42. The molecule has 0 radical (unpaired) electrons. The average molecular weight is 369 g/mol. The van der Waals surface area contributed by atoms with Crippen LogP contribution in [-0.2, 0) is 15.8 Å². The minimum Gasteiger partial charge on any atom is -0.312 e. The SMILES string of the molecule is Cc1cnc(NC(=O)[C@@H]2CC(=O)N(c3cccc(C(F)(F)F)c3)C2)s1. The van der Waals surface area contributed by atoms with Crippen LogP contribution < -0.4 is 10.2 Å². The predicted octanol–water partition coefficient (Wildman–Crippen LogP) is 3.46. The Kier molecular flexibility index (Phi) is 4.51. The van der Waals surface area contributed by atoms with Gasteiger partial charge in [-0.3, -0.25) is 9.59 Å². The Morgan fingerprint density at radius 3 is 2.80 bits per heavy atom. The van der Waals surface area contributed by atoms with Crippen molar-refractivity contribution in [2.45, 2.75) is 19.5 Å². The maximum atomic E-state index is 12.8. The van der Waals surface area contributed by atoms with Crippen LogP contribution in [0.2, 0.25) is 0 Å². The van der Waals surface area contributed by atoms with Gasteiger partial charge in [0.25, 0.3) is 0 Å². The lowest BCUT2D eigenvalue weighted by atomic mass is 10.1. The molecule has 0 aliphatic carbocycles. The number of benzene rings is 1. The molecular formula is C16H14F3N3O2S. The van der Waals surface area contributed by atoms with Crippen molar-refractivity contribution in [2.75, 3.05) is 16.8 Å². The summed E-state index contributed by atoms with van der Waals surface area (Å²) in [5, 5.41) is 3.08. The predicted molar refractivity (Wildman–Crippen MR) is 87.4 cm³/mol. The molecule has 0 unspecified atom stereocenters. The van der Waals surface area contributed by atoms with Crippen LogP contribution in [0.1, 0.15) is 16.9 Å². The van der Waals surface area contributed by atoms with Gasteiger partial charge in [-0.1, -0.05) is 6.07 Å². The number of alkyl halides is 3. The van der Waals surface area contributed by atoms with Gasteiger partial charge in [0, 0.05) is 29.7 Å². The van der Waals surface area contributed by atoms with Crippen LogP contribution in [0, 0.1) is 12.8 Å². The second-order valence-electron chi connectivity index (χ2n) is 5.72. The summed E-state index contributed by atoms with van der Waals surface area (Å²) in [6.45, 7) is 1.89. The number of aryl methyl sites for hydroxylation is 1. The molecule has 1 aliphatic heterocycles. The van der Waals surface area contributed by atoms with Crippen molar-refractivity contribution in [1.29, 1.82) is 0 Å². The summed E-state index contributed by atoms with van der Waals surface area (Å²) >= 11 is 1.31. The van der Waals surface area contributed by atoms with Gasteiger partial charge in [-0.25, -0.2) is 4.98 Å². The number of thiazole rings is 1. The molecule has 2 aromatic rings. The molecule has 2 heterocycles. The highest BCUT2D eigenvalue weighted by molar-refractivity contribution is 7.15. The zero-order valence-electron chi connectivity index (χ0n) is 13.1. The van der Waals surface area contributed by atoms with Gasteiger partial charge < -0.3 is 10.2 Å². The summed E-state index contributed by atoms with van der Waals surface area (Å²) in [4.78, 5) is 30.6. The smallest absolute Gasteiger partial charge is 0.312 e. The van der Waals surface area contributed by atoms with Gasteiger partial charge in [-0.2, -0.15) is 13.2 Å². The molecule has 5 nitrogen and oxygen atoms in total. The van der Waals surface area contributed by atoms with E-state index in [-0.39, 0.29) is 30.5 Å². The first-order valence-electron chi connectivity index (χ1n) is 7.45. The second-order valence-corrected chi connectivity index (χ2v) is 6.95. The highest BCUT2D eigenvalue weighted by Gasteiger charge is 2.37. The second kappa shape index (κ2) is 6.47. The van der Waals surface area contributed by atoms with E-state index < -0.39 is 17.7 Å². The van der Waals surface area contributed by atoms with Gasteiger partial charge in [0.15, 0.2) is 5.13 Å². The summed E-state index contributed by atoms with van der Waals surface area (Å²) in [5.41, 5.74) is -0.691. The standard InChI is InChI=1S/C16H14F3N3O2S/c1-9-7-20-15(25-9)21-14(24)10-5-13(23)22(8-10)12-4-2-3-11(6-12)16(17,18)19/h2-4,6-7,10H,5,8H2,1H3,(H,20,21,24)/t10-/m1/s1. The van der Waals surface area contributed by atoms with E-state index in [1.165, 1.54) is 28.4 Å². The van der Waals surface area contributed by atoms with Crippen molar-refractivity contribution < 1.29 is 22.8 Å². The zero-order valence-corrected chi connectivity index (χ0v) is 13.9. The van der Waals surface area contributed by atoms with Gasteiger partial charge >= 0.3 is 6.18 Å². The minimum atomic E-state index is -4.49. The Balaban J connectivity index is 1.73. The molecule has 25 heavy (non-hydrogen) atoms. The van der Waals surface area contributed by atoms with Crippen molar-refractivity contribution in [3.05, 3.63) is 40.9 Å². The largest absolute Gasteiger partial charge is 0.416 e. The topological polar surface area (TPSA) is 62.3 Å². The fraction of sp³-hybridized carbons (Fsp3) is 0.312. The molecule has 1 aliphatic rings. The van der Waals surface area contributed by atoms with Crippen LogP contribution >= 0.6 is 11.3 Å². The van der Waals surface area contributed by atoms with Gasteiger partial charge in [0.05, 0.1) is 11.5 Å². The van der Waals surface area contributed by atoms with E-state index in [0.717, 1.165) is 17.0 Å². The summed E-state index contributed by atoms with van der Waals surface area (Å²) in [6.07, 6.45) is -2.92. The number of hydrogen-bond acceptors (Lipinski definition) is 4. The molecule has 1 fully saturated rings. The quantitative estimate of drug-likeness (QED) is 0.901. The molecule has 0 bridgehead atoms. The molecule has 1 atom stereocenters. The monoisotopic (exact) mass is 369 g/mol. The first-order chi connectivity index (χ1) is 11.7. The number of nitrogens with zero attached hydrogens (tertiary/aromatic N) is 2. The Morgan fingerprint density at radius 1 is 1.40 bits per heavy atom. The number of carbonyl (C=O) groups is 2. The van der Waals surface area contributed by atoms with Crippen molar-refractivity contribution >= 4 is 34.0 Å². The normalized spacial score (nSPS) is 17.8. The zero-order chi connectivity index (χ0) is 18.2. The lowest BCUT2D eigenvalue weighted by molar-refractivity contribution is -0.137. The lowest BCUT2D eigenvalue weighted by Gasteiger charge is -2.18. The van der Waals surface area contributed by atoms with Gasteiger partial charge in [-0.05, 0) is 25.1 Å². The van der Waals surface area contributed by atoms with Crippen LogP contribution in [0.5, 0.6) is 0 Å². The molecule has 1 aromatic heterocycles. The van der Waals surface area contributed by atoms with Gasteiger partial charge in [0.1, 0.15) is 0 Å². The van der Waals surface area contributed by atoms with E-state index in [4.69, 9.17) is 0 Å². The first kappa shape index (κ1) is 17.4. The maximum Gasteiger partial charge on any atom is 0.416 e. The van der Waals surface area contributed by atoms with Crippen molar-refractivity contribution in [2.24, 2.45) is 5.92 Å². The molecule has 1 aromatic carbocycles. The molecule has 3 rings (SSSR count). The fourth-order valence-corrected chi connectivity index (χ4v) is 3.27. The molecule has 132 valence electrons. The van der Waals surface area contributed by atoms with E-state index in [9.17, 15) is 22.8 Å². The number of rotatable bonds is 3. The van der Waals surface area contributed by atoms with Gasteiger partial charge in [0.2, 0.25) is 11.8 Å². The number of aromatic nitrogens is 1. The van der Waals surface area contributed by atoms with E-state index in [0.29, 0.717) is 5.13 Å². The highest BCUT2D eigenvalue weighted by Crippen LogP contribution is 2.33. The molecule has 1 saturated heterocycles. The number of nitrogens with one attached hydrogen (secondary N) is 1. The third-order valence-electron chi connectivity index (χ3n) is 3.83. The molecule has 0 spiro atoms. The van der Waals surface area contributed by atoms with Crippen molar-refractivity contribution in [3.63, 3.8) is 0 Å². The molecular weight excluding hydrogens is 355 g/mol. The molecule has 0 saturated carbocycles. The number of amides is 2.